The summed E-state index contributed by atoms with van der Waals surface area (Å²) >= 11 is 3.50. The second-order valence-corrected chi connectivity index (χ2v) is 4.58. The van der Waals surface area contributed by atoms with Gasteiger partial charge < -0.3 is 5.32 Å². The Bertz CT molecular complexity index is 106. The number of hydrogen-bond donors (Lipinski definition) is 1. The number of piperidine rings is 1. The van der Waals surface area contributed by atoms with Gasteiger partial charge >= 0.3 is 0 Å². The van der Waals surface area contributed by atoms with E-state index in [1.54, 1.807) is 0 Å². The fourth-order valence-corrected chi connectivity index (χ4v) is 2.76. The highest BCUT2D eigenvalue weighted by molar-refractivity contribution is 9.09. The molecule has 0 radical (unpaired) electrons. The van der Waals surface area contributed by atoms with Crippen molar-refractivity contribution < 1.29 is 0 Å². The summed E-state index contributed by atoms with van der Waals surface area (Å²) in [5.74, 6) is 0.945. The highest BCUT2D eigenvalue weighted by Gasteiger charge is 2.21. The number of rotatable bonds is 2. The Morgan fingerprint density at radius 2 is 1.82 bits per heavy atom. The molecular weight excluding hydrogens is 202 g/mol. The second-order valence-electron chi connectivity index (χ2n) is 3.78. The molecule has 3 atom stereocenters. The van der Waals surface area contributed by atoms with E-state index in [1.807, 2.05) is 0 Å². The topological polar surface area (TPSA) is 12.0 Å². The molecule has 1 nitrogen and oxygen atoms in total. The highest BCUT2D eigenvalue weighted by Crippen LogP contribution is 2.23. The lowest BCUT2D eigenvalue weighted by Gasteiger charge is -2.32. The van der Waals surface area contributed by atoms with E-state index in [-0.39, 0.29) is 0 Å². The maximum Gasteiger partial charge on any atom is 0.00438 e. The molecule has 1 N–H and O–H groups in total. The molecular formula is C9H18BrN. The van der Waals surface area contributed by atoms with Gasteiger partial charge in [0, 0.05) is 17.4 Å². The van der Waals surface area contributed by atoms with Gasteiger partial charge in [0.2, 0.25) is 0 Å². The maximum atomic E-state index is 3.55. The van der Waals surface area contributed by atoms with Crippen LogP contribution >= 0.6 is 15.9 Å². The molecule has 0 saturated carbocycles. The number of nitrogens with one attached hydrogen (secondary N) is 1. The third kappa shape index (κ3) is 3.12. The molecule has 11 heavy (non-hydrogen) atoms. The first kappa shape index (κ1) is 9.53. The summed E-state index contributed by atoms with van der Waals surface area (Å²) in [7, 11) is 0. The molecule has 66 valence electrons. The SMILES string of the molecule is C[C@@H]1CC(CCBr)C[C@H](C)N1. The highest BCUT2D eigenvalue weighted by atomic mass is 79.9. The van der Waals surface area contributed by atoms with Gasteiger partial charge in [0.25, 0.3) is 0 Å². The largest absolute Gasteiger partial charge is 0.312 e. The quantitative estimate of drug-likeness (QED) is 0.705. The van der Waals surface area contributed by atoms with Crippen LogP contribution in [-0.2, 0) is 0 Å². The fraction of sp³-hybridized carbons (Fsp3) is 1.00. The molecule has 0 bridgehead atoms. The summed E-state index contributed by atoms with van der Waals surface area (Å²) in [6.07, 6.45) is 4.06. The first-order valence-electron chi connectivity index (χ1n) is 4.54. The minimum absolute atomic E-state index is 0.725. The molecule has 0 aromatic heterocycles. The third-order valence-corrected chi connectivity index (χ3v) is 2.92. The van der Waals surface area contributed by atoms with Gasteiger partial charge in [-0.15, -0.1) is 0 Å². The van der Waals surface area contributed by atoms with Crippen LogP contribution in [0, 0.1) is 5.92 Å². The van der Waals surface area contributed by atoms with Crippen LogP contribution < -0.4 is 5.32 Å². The molecule has 1 aliphatic rings. The Morgan fingerprint density at radius 3 is 2.27 bits per heavy atom. The normalized spacial score (nSPS) is 39.0. The van der Waals surface area contributed by atoms with Crippen LogP contribution in [0.4, 0.5) is 0 Å². The summed E-state index contributed by atoms with van der Waals surface area (Å²) in [5, 5.41) is 4.72. The van der Waals surface area contributed by atoms with Crippen molar-refractivity contribution in [1.82, 2.24) is 5.32 Å². The average Bonchev–Trinajstić information content (AvgIpc) is 1.85. The standard InChI is InChI=1S/C9H18BrN/c1-7-5-9(3-4-10)6-8(2)11-7/h7-9,11H,3-6H2,1-2H3/t7-,8+,9?. The molecule has 0 spiro atoms. The predicted octanol–water partition coefficient (Wildman–Crippen LogP) is 2.55. The van der Waals surface area contributed by atoms with E-state index < -0.39 is 0 Å². The van der Waals surface area contributed by atoms with Crippen molar-refractivity contribution in [3.05, 3.63) is 0 Å². The lowest BCUT2D eigenvalue weighted by molar-refractivity contribution is 0.259. The Morgan fingerprint density at radius 1 is 1.27 bits per heavy atom. The number of halogens is 1. The molecule has 1 saturated heterocycles. The Hall–Kier alpha value is 0.440. The van der Waals surface area contributed by atoms with E-state index in [9.17, 15) is 0 Å². The van der Waals surface area contributed by atoms with Crippen LogP contribution in [-0.4, -0.2) is 17.4 Å². The summed E-state index contributed by atoms with van der Waals surface area (Å²) < 4.78 is 0. The molecule has 0 aliphatic carbocycles. The molecule has 0 aromatic rings. The molecule has 0 amide bonds. The second kappa shape index (κ2) is 4.46. The van der Waals surface area contributed by atoms with Crippen LogP contribution in [0.5, 0.6) is 0 Å². The Balaban J connectivity index is 2.30. The summed E-state index contributed by atoms with van der Waals surface area (Å²) in [5.41, 5.74) is 0. The van der Waals surface area contributed by atoms with Crippen molar-refractivity contribution in [3.63, 3.8) is 0 Å². The van der Waals surface area contributed by atoms with Crippen molar-refractivity contribution in [1.29, 1.82) is 0 Å². The molecule has 1 heterocycles. The zero-order chi connectivity index (χ0) is 8.27. The van der Waals surface area contributed by atoms with Crippen molar-refractivity contribution in [2.75, 3.05) is 5.33 Å². The van der Waals surface area contributed by atoms with Gasteiger partial charge in [-0.05, 0) is 39.0 Å². The minimum Gasteiger partial charge on any atom is -0.312 e. The van der Waals surface area contributed by atoms with E-state index in [2.05, 4.69) is 35.1 Å². The molecule has 2 heteroatoms. The molecule has 1 fully saturated rings. The Kier molecular flexibility index (Phi) is 3.86. The average molecular weight is 220 g/mol. The Labute approximate surface area is 78.1 Å². The maximum absolute atomic E-state index is 3.55. The molecule has 1 rings (SSSR count). The van der Waals surface area contributed by atoms with Crippen LogP contribution in [0.25, 0.3) is 0 Å². The van der Waals surface area contributed by atoms with Gasteiger partial charge in [0.05, 0.1) is 0 Å². The third-order valence-electron chi connectivity index (χ3n) is 2.46. The first-order chi connectivity index (χ1) is 5.22. The van der Waals surface area contributed by atoms with E-state index in [4.69, 9.17) is 0 Å². The van der Waals surface area contributed by atoms with Gasteiger partial charge in [0.1, 0.15) is 0 Å². The fourth-order valence-electron chi connectivity index (χ4n) is 2.11. The van der Waals surface area contributed by atoms with Gasteiger partial charge in [-0.3, -0.25) is 0 Å². The van der Waals surface area contributed by atoms with Gasteiger partial charge in [-0.2, -0.15) is 0 Å². The van der Waals surface area contributed by atoms with E-state index in [1.165, 1.54) is 19.3 Å². The monoisotopic (exact) mass is 219 g/mol. The van der Waals surface area contributed by atoms with E-state index in [0.29, 0.717) is 0 Å². The van der Waals surface area contributed by atoms with Crippen LogP contribution in [0.3, 0.4) is 0 Å². The number of alkyl halides is 1. The van der Waals surface area contributed by atoms with E-state index in [0.717, 1.165) is 23.3 Å². The number of hydrogen-bond acceptors (Lipinski definition) is 1. The lowest BCUT2D eigenvalue weighted by Crippen LogP contribution is -2.42. The van der Waals surface area contributed by atoms with Crippen molar-refractivity contribution >= 4 is 15.9 Å². The molecule has 1 unspecified atom stereocenters. The lowest BCUT2D eigenvalue weighted by atomic mass is 9.87. The smallest absolute Gasteiger partial charge is 0.00438 e. The van der Waals surface area contributed by atoms with Crippen LogP contribution in [0.1, 0.15) is 33.1 Å². The van der Waals surface area contributed by atoms with Crippen LogP contribution in [0.15, 0.2) is 0 Å². The summed E-state index contributed by atoms with van der Waals surface area (Å²) in [4.78, 5) is 0. The molecule has 0 aromatic carbocycles. The minimum atomic E-state index is 0.725. The van der Waals surface area contributed by atoms with Crippen LogP contribution in [0.2, 0.25) is 0 Å². The molecule has 1 aliphatic heterocycles. The predicted molar refractivity (Wildman–Crippen MR) is 53.2 cm³/mol. The van der Waals surface area contributed by atoms with Crippen molar-refractivity contribution in [3.8, 4) is 0 Å². The van der Waals surface area contributed by atoms with Crippen molar-refractivity contribution in [2.24, 2.45) is 5.92 Å². The zero-order valence-electron chi connectivity index (χ0n) is 7.44. The van der Waals surface area contributed by atoms with Gasteiger partial charge in [-0.25, -0.2) is 0 Å². The first-order valence-corrected chi connectivity index (χ1v) is 5.66. The zero-order valence-corrected chi connectivity index (χ0v) is 9.02. The van der Waals surface area contributed by atoms with E-state index >= 15 is 0 Å². The van der Waals surface area contributed by atoms with Crippen molar-refractivity contribution in [2.45, 2.75) is 45.2 Å². The summed E-state index contributed by atoms with van der Waals surface area (Å²) in [6, 6.07) is 1.45. The summed E-state index contributed by atoms with van der Waals surface area (Å²) in [6.45, 7) is 4.58. The van der Waals surface area contributed by atoms with Gasteiger partial charge in [0.15, 0.2) is 0 Å². The van der Waals surface area contributed by atoms with Gasteiger partial charge in [-0.1, -0.05) is 15.9 Å².